The van der Waals surface area contributed by atoms with Crippen molar-refractivity contribution in [1.82, 2.24) is 4.90 Å². The van der Waals surface area contributed by atoms with E-state index in [4.69, 9.17) is 10.5 Å². The number of carbonyl (C=O) groups is 2. The largest absolute Gasteiger partial charge is 0.481 e. The topological polar surface area (TPSA) is 92.9 Å². The molecule has 1 rings (SSSR count). The third kappa shape index (κ3) is 3.17. The number of ether oxygens (including phenoxy) is 1. The lowest BCUT2D eigenvalue weighted by Gasteiger charge is -2.39. The van der Waals surface area contributed by atoms with Crippen LogP contribution in [0.2, 0.25) is 0 Å². The van der Waals surface area contributed by atoms with E-state index in [9.17, 15) is 14.7 Å². The quantitative estimate of drug-likeness (QED) is 0.691. The number of likely N-dealkylation sites (tertiary alicyclic amines) is 1. The summed E-state index contributed by atoms with van der Waals surface area (Å²) in [7, 11) is 1.54. The van der Waals surface area contributed by atoms with Gasteiger partial charge in [-0.2, -0.15) is 0 Å². The van der Waals surface area contributed by atoms with E-state index in [1.807, 2.05) is 0 Å². The molecule has 0 aliphatic carbocycles. The Morgan fingerprint density at radius 2 is 2.24 bits per heavy atom. The molecule has 3 N–H and O–H groups in total. The average Bonchev–Trinajstić information content (AvgIpc) is 2.35. The number of amides is 1. The predicted molar refractivity (Wildman–Crippen MR) is 61.4 cm³/mol. The van der Waals surface area contributed by atoms with Crippen LogP contribution in [0, 0.1) is 5.41 Å². The number of nitrogens with zero attached hydrogens (tertiary/aromatic N) is 1. The van der Waals surface area contributed by atoms with Crippen LogP contribution < -0.4 is 5.73 Å². The van der Waals surface area contributed by atoms with E-state index in [1.54, 1.807) is 12.0 Å². The SMILES string of the molecule is COCCC1(C(=O)O)CCCN(C(=O)CN)C1. The van der Waals surface area contributed by atoms with Crippen LogP contribution >= 0.6 is 0 Å². The normalized spacial score (nSPS) is 24.7. The molecule has 1 atom stereocenters. The lowest BCUT2D eigenvalue weighted by atomic mass is 9.77. The third-order valence-electron chi connectivity index (χ3n) is 3.34. The van der Waals surface area contributed by atoms with Gasteiger partial charge in [-0.1, -0.05) is 0 Å². The number of carbonyl (C=O) groups excluding carboxylic acids is 1. The van der Waals surface area contributed by atoms with Gasteiger partial charge >= 0.3 is 5.97 Å². The van der Waals surface area contributed by atoms with Gasteiger partial charge in [-0.15, -0.1) is 0 Å². The lowest BCUT2D eigenvalue weighted by Crippen LogP contribution is -2.51. The molecular formula is C11H20N2O4. The number of carboxylic acids is 1. The maximum atomic E-state index is 11.5. The van der Waals surface area contributed by atoms with E-state index in [0.717, 1.165) is 0 Å². The van der Waals surface area contributed by atoms with Gasteiger partial charge in [0.1, 0.15) is 0 Å². The first-order chi connectivity index (χ1) is 8.05. The fraction of sp³-hybridized carbons (Fsp3) is 0.818. The molecule has 0 aromatic heterocycles. The van der Waals surface area contributed by atoms with Crippen LogP contribution in [0.1, 0.15) is 19.3 Å². The molecule has 1 aliphatic heterocycles. The second-order valence-corrected chi connectivity index (χ2v) is 4.45. The van der Waals surface area contributed by atoms with Crippen LogP contribution in [-0.2, 0) is 14.3 Å². The molecule has 1 aliphatic rings. The fourth-order valence-corrected chi connectivity index (χ4v) is 2.26. The summed E-state index contributed by atoms with van der Waals surface area (Å²) >= 11 is 0. The number of aliphatic carboxylic acids is 1. The highest BCUT2D eigenvalue weighted by molar-refractivity contribution is 5.80. The molecule has 1 saturated heterocycles. The Balaban J connectivity index is 2.76. The Bertz CT molecular complexity index is 295. The Kier molecular flexibility index (Phi) is 4.89. The van der Waals surface area contributed by atoms with E-state index >= 15 is 0 Å². The average molecular weight is 244 g/mol. The van der Waals surface area contributed by atoms with E-state index in [-0.39, 0.29) is 19.0 Å². The van der Waals surface area contributed by atoms with E-state index in [2.05, 4.69) is 0 Å². The summed E-state index contributed by atoms with van der Waals surface area (Å²) < 4.78 is 4.95. The van der Waals surface area contributed by atoms with Crippen molar-refractivity contribution in [3.8, 4) is 0 Å². The van der Waals surface area contributed by atoms with Crippen LogP contribution in [0.3, 0.4) is 0 Å². The smallest absolute Gasteiger partial charge is 0.311 e. The van der Waals surface area contributed by atoms with E-state index in [0.29, 0.717) is 32.4 Å². The van der Waals surface area contributed by atoms with Crippen molar-refractivity contribution in [1.29, 1.82) is 0 Å². The summed E-state index contributed by atoms with van der Waals surface area (Å²) in [5, 5.41) is 9.36. The Morgan fingerprint density at radius 3 is 2.76 bits per heavy atom. The molecule has 1 unspecified atom stereocenters. The third-order valence-corrected chi connectivity index (χ3v) is 3.34. The summed E-state index contributed by atoms with van der Waals surface area (Å²) in [5.41, 5.74) is 4.43. The molecule has 1 amide bonds. The van der Waals surface area contributed by atoms with Crippen molar-refractivity contribution in [3.05, 3.63) is 0 Å². The predicted octanol–water partition coefficient (Wildman–Crippen LogP) is -0.325. The molecule has 17 heavy (non-hydrogen) atoms. The van der Waals surface area contributed by atoms with Gasteiger partial charge in [0.2, 0.25) is 5.91 Å². The minimum atomic E-state index is -0.876. The molecule has 98 valence electrons. The van der Waals surface area contributed by atoms with Crippen LogP contribution in [0.25, 0.3) is 0 Å². The van der Waals surface area contributed by atoms with Crippen LogP contribution in [-0.4, -0.2) is 55.2 Å². The molecule has 0 spiro atoms. The first-order valence-corrected chi connectivity index (χ1v) is 5.76. The van der Waals surface area contributed by atoms with Crippen molar-refractivity contribution in [2.24, 2.45) is 11.1 Å². The molecule has 1 fully saturated rings. The van der Waals surface area contributed by atoms with Crippen LogP contribution in [0.15, 0.2) is 0 Å². The van der Waals surface area contributed by atoms with Gasteiger partial charge in [0.25, 0.3) is 0 Å². The molecule has 0 radical (unpaired) electrons. The molecule has 0 aromatic rings. The van der Waals surface area contributed by atoms with Gasteiger partial charge in [-0.25, -0.2) is 0 Å². The van der Waals surface area contributed by atoms with Crippen LogP contribution in [0.5, 0.6) is 0 Å². The summed E-state index contributed by atoms with van der Waals surface area (Å²) in [6.45, 7) is 1.15. The van der Waals surface area contributed by atoms with Gasteiger partial charge in [0.15, 0.2) is 0 Å². The number of rotatable bonds is 5. The maximum absolute atomic E-state index is 11.5. The second-order valence-electron chi connectivity index (χ2n) is 4.45. The van der Waals surface area contributed by atoms with Gasteiger partial charge in [-0.3, -0.25) is 9.59 Å². The minimum Gasteiger partial charge on any atom is -0.481 e. The van der Waals surface area contributed by atoms with Crippen molar-refractivity contribution in [2.75, 3.05) is 33.4 Å². The standard InChI is InChI=1S/C11H20N2O4/c1-17-6-4-11(10(15)16)3-2-5-13(8-11)9(14)7-12/h2-8,12H2,1H3,(H,15,16). The fourth-order valence-electron chi connectivity index (χ4n) is 2.26. The van der Waals surface area contributed by atoms with E-state index in [1.165, 1.54) is 0 Å². The zero-order valence-corrected chi connectivity index (χ0v) is 10.1. The zero-order chi connectivity index (χ0) is 12.9. The molecule has 6 nitrogen and oxygen atoms in total. The van der Waals surface area contributed by atoms with Crippen molar-refractivity contribution < 1.29 is 19.4 Å². The number of nitrogens with two attached hydrogens (primary N) is 1. The van der Waals surface area contributed by atoms with Gasteiger partial charge in [0, 0.05) is 26.8 Å². The summed E-state index contributed by atoms with van der Waals surface area (Å²) in [5.74, 6) is -1.04. The van der Waals surface area contributed by atoms with Gasteiger partial charge in [0.05, 0.1) is 12.0 Å². The lowest BCUT2D eigenvalue weighted by molar-refractivity contribution is -0.156. The monoisotopic (exact) mass is 244 g/mol. The zero-order valence-electron chi connectivity index (χ0n) is 10.1. The van der Waals surface area contributed by atoms with Gasteiger partial charge < -0.3 is 20.5 Å². The van der Waals surface area contributed by atoms with Crippen molar-refractivity contribution in [2.45, 2.75) is 19.3 Å². The number of hydrogen-bond donors (Lipinski definition) is 2. The summed E-state index contributed by atoms with van der Waals surface area (Å²) in [6, 6.07) is 0. The Morgan fingerprint density at radius 1 is 1.53 bits per heavy atom. The van der Waals surface area contributed by atoms with Crippen molar-refractivity contribution >= 4 is 11.9 Å². The second kappa shape index (κ2) is 5.97. The molecule has 0 bridgehead atoms. The highest BCUT2D eigenvalue weighted by atomic mass is 16.5. The van der Waals surface area contributed by atoms with Crippen molar-refractivity contribution in [3.63, 3.8) is 0 Å². The number of piperidine rings is 1. The summed E-state index contributed by atoms with van der Waals surface area (Å²) in [4.78, 5) is 24.5. The Labute approximate surface area is 101 Å². The minimum absolute atomic E-state index is 0.0695. The highest BCUT2D eigenvalue weighted by Gasteiger charge is 2.42. The first kappa shape index (κ1) is 13.9. The number of carboxylic acid groups (broad SMARTS) is 1. The summed E-state index contributed by atoms with van der Waals surface area (Å²) in [6.07, 6.45) is 1.70. The highest BCUT2D eigenvalue weighted by Crippen LogP contribution is 2.33. The maximum Gasteiger partial charge on any atom is 0.311 e. The molecule has 0 saturated carbocycles. The first-order valence-electron chi connectivity index (χ1n) is 5.76. The number of hydrogen-bond acceptors (Lipinski definition) is 4. The molecule has 6 heteroatoms. The van der Waals surface area contributed by atoms with Gasteiger partial charge in [-0.05, 0) is 19.3 Å². The molecule has 0 aromatic carbocycles. The van der Waals surface area contributed by atoms with Crippen LogP contribution in [0.4, 0.5) is 0 Å². The Hall–Kier alpha value is -1.14. The molecular weight excluding hydrogens is 224 g/mol. The van der Waals surface area contributed by atoms with E-state index < -0.39 is 11.4 Å². The number of methoxy groups -OCH3 is 1. The molecule has 1 heterocycles.